The Bertz CT molecular complexity index is 895. The van der Waals surface area contributed by atoms with Crippen LogP contribution in [-0.4, -0.2) is 47.3 Å². The lowest BCUT2D eigenvalue weighted by Crippen LogP contribution is -2.41. The van der Waals surface area contributed by atoms with E-state index in [4.69, 9.17) is 4.74 Å². The molecular weight excluding hydrogens is 482 g/mol. The third kappa shape index (κ3) is 6.39. The molecule has 1 amide bonds. The van der Waals surface area contributed by atoms with E-state index in [2.05, 4.69) is 5.32 Å². The van der Waals surface area contributed by atoms with E-state index in [-0.39, 0.29) is 43.4 Å². The number of carbonyl (C=O) groups excluding carboxylic acids is 1. The van der Waals surface area contributed by atoms with Crippen molar-refractivity contribution in [2.45, 2.75) is 76.4 Å². The van der Waals surface area contributed by atoms with Gasteiger partial charge in [-0.15, -0.1) is 0 Å². The predicted molar refractivity (Wildman–Crippen MR) is 112 cm³/mol. The van der Waals surface area contributed by atoms with Crippen molar-refractivity contribution in [3.05, 3.63) is 34.9 Å². The second kappa shape index (κ2) is 10.2. The minimum atomic E-state index is -4.93. The number of rotatable bonds is 7. The van der Waals surface area contributed by atoms with E-state index in [1.165, 1.54) is 4.90 Å². The second-order valence-corrected chi connectivity index (χ2v) is 9.29. The van der Waals surface area contributed by atoms with Gasteiger partial charge in [0.25, 0.3) is 0 Å². The first-order valence-electron chi connectivity index (χ1n) is 11.4. The molecule has 1 aromatic rings. The first kappa shape index (κ1) is 27.1. The lowest BCUT2D eigenvalue weighted by molar-refractivity contribution is -0.151. The highest BCUT2D eigenvalue weighted by atomic mass is 19.4. The summed E-state index contributed by atoms with van der Waals surface area (Å²) < 4.78 is 83.9. The van der Waals surface area contributed by atoms with Gasteiger partial charge in [-0.25, -0.2) is 4.79 Å². The number of aliphatic carboxylic acids is 1. The summed E-state index contributed by atoms with van der Waals surface area (Å²) in [7, 11) is 0. The van der Waals surface area contributed by atoms with Crippen molar-refractivity contribution < 1.29 is 45.8 Å². The number of hydrogen-bond acceptors (Lipinski definition) is 4. The molecule has 1 heterocycles. The van der Waals surface area contributed by atoms with Gasteiger partial charge in [0.15, 0.2) is 0 Å². The number of nitrogens with one attached hydrogen (secondary N) is 1. The van der Waals surface area contributed by atoms with Gasteiger partial charge in [-0.2, -0.15) is 26.3 Å². The van der Waals surface area contributed by atoms with Gasteiger partial charge in [0.2, 0.25) is 0 Å². The van der Waals surface area contributed by atoms with Crippen molar-refractivity contribution in [3.63, 3.8) is 0 Å². The smallest absolute Gasteiger partial charge is 0.416 e. The Balaban J connectivity index is 1.64. The average molecular weight is 510 g/mol. The number of likely N-dealkylation sites (tertiary alicyclic amines) is 1. The summed E-state index contributed by atoms with van der Waals surface area (Å²) in [5, 5.41) is 12.5. The fraction of sp³-hybridized carbons (Fsp3) is 0.652. The molecule has 2 N–H and O–H groups in total. The summed E-state index contributed by atoms with van der Waals surface area (Å²) in [6, 6.07) is 0.798. The van der Waals surface area contributed by atoms with Crippen LogP contribution < -0.4 is 5.32 Å². The highest BCUT2D eigenvalue weighted by molar-refractivity contribution is 5.76. The summed E-state index contributed by atoms with van der Waals surface area (Å²) in [4.78, 5) is 25.8. The molecule has 0 spiro atoms. The van der Waals surface area contributed by atoms with Crippen molar-refractivity contribution in [1.29, 1.82) is 0 Å². The van der Waals surface area contributed by atoms with Crippen molar-refractivity contribution in [1.82, 2.24) is 10.2 Å². The lowest BCUT2D eigenvalue weighted by atomic mass is 9.87. The highest BCUT2D eigenvalue weighted by Gasteiger charge is 2.44. The van der Waals surface area contributed by atoms with Gasteiger partial charge < -0.3 is 20.1 Å². The molecule has 196 valence electrons. The maximum Gasteiger partial charge on any atom is 0.416 e. The number of carboxylic acid groups (broad SMARTS) is 1. The predicted octanol–water partition coefficient (Wildman–Crippen LogP) is 5.45. The van der Waals surface area contributed by atoms with Crippen LogP contribution in [0.25, 0.3) is 0 Å². The molecule has 1 aromatic carbocycles. The summed E-state index contributed by atoms with van der Waals surface area (Å²) in [6.07, 6.45) is -7.21. The third-order valence-corrected chi connectivity index (χ3v) is 6.85. The molecule has 35 heavy (non-hydrogen) atoms. The van der Waals surface area contributed by atoms with Crippen LogP contribution in [-0.2, 0) is 28.4 Å². The average Bonchev–Trinajstić information content (AvgIpc) is 3.42. The van der Waals surface area contributed by atoms with Crippen molar-refractivity contribution in [3.8, 4) is 0 Å². The van der Waals surface area contributed by atoms with Crippen LogP contribution >= 0.6 is 0 Å². The van der Waals surface area contributed by atoms with Crippen molar-refractivity contribution >= 4 is 12.1 Å². The van der Waals surface area contributed by atoms with E-state index < -0.39 is 41.0 Å². The van der Waals surface area contributed by atoms with Gasteiger partial charge in [0.05, 0.1) is 11.1 Å². The van der Waals surface area contributed by atoms with E-state index in [9.17, 15) is 41.0 Å². The van der Waals surface area contributed by atoms with Gasteiger partial charge in [0, 0.05) is 25.2 Å². The Morgan fingerprint density at radius 3 is 2.14 bits per heavy atom. The first-order valence-corrected chi connectivity index (χ1v) is 11.4. The normalized spacial score (nSPS) is 22.4. The molecule has 1 aliphatic carbocycles. The molecule has 1 saturated heterocycles. The van der Waals surface area contributed by atoms with Crippen molar-refractivity contribution in [2.75, 3.05) is 13.2 Å². The number of amides is 1. The van der Waals surface area contributed by atoms with Crippen LogP contribution in [0.1, 0.15) is 62.1 Å². The molecule has 0 unspecified atom stereocenters. The monoisotopic (exact) mass is 510 g/mol. The standard InChI is InChI=1S/C23H28F6N2O4/c1-2-18-10-17(12-31(18)20(34)35-13-21(19(32)33)5-3-4-6-21)30-11-14-7-15(22(24,25)26)9-16(8-14)23(27,28)29/h7-9,17-18,30H,2-6,10-13H2,1H3,(H,32,33)/t17-,18+/m0/s1. The van der Waals surface area contributed by atoms with Crippen LogP contribution in [0, 0.1) is 5.41 Å². The summed E-state index contributed by atoms with van der Waals surface area (Å²) in [6.45, 7) is 1.49. The SMILES string of the molecule is CC[C@@H]1C[C@H](NCc2cc(C(F)(F)F)cc(C(F)(F)F)c2)CN1C(=O)OCC1(C(=O)O)CCCC1. The fourth-order valence-corrected chi connectivity index (χ4v) is 4.81. The van der Waals surface area contributed by atoms with Crippen LogP contribution in [0.5, 0.6) is 0 Å². The zero-order chi connectivity index (χ0) is 26.0. The molecule has 2 fully saturated rings. The van der Waals surface area contributed by atoms with E-state index in [0.717, 1.165) is 12.8 Å². The highest BCUT2D eigenvalue weighted by Crippen LogP contribution is 2.39. The largest absolute Gasteiger partial charge is 0.481 e. The Labute approximate surface area is 198 Å². The van der Waals surface area contributed by atoms with Gasteiger partial charge in [-0.05, 0) is 49.4 Å². The molecule has 0 bridgehead atoms. The van der Waals surface area contributed by atoms with E-state index in [0.29, 0.717) is 37.8 Å². The molecule has 6 nitrogen and oxygen atoms in total. The number of carbonyl (C=O) groups is 2. The lowest BCUT2D eigenvalue weighted by Gasteiger charge is -2.27. The number of carboxylic acids is 1. The fourth-order valence-electron chi connectivity index (χ4n) is 4.81. The third-order valence-electron chi connectivity index (χ3n) is 6.85. The Morgan fingerprint density at radius 1 is 1.09 bits per heavy atom. The first-order chi connectivity index (χ1) is 16.2. The zero-order valence-electron chi connectivity index (χ0n) is 19.1. The van der Waals surface area contributed by atoms with Gasteiger partial charge >= 0.3 is 24.4 Å². The maximum absolute atomic E-state index is 13.1. The molecule has 0 aromatic heterocycles. The molecule has 1 saturated carbocycles. The van der Waals surface area contributed by atoms with E-state index in [1.807, 2.05) is 6.92 Å². The van der Waals surface area contributed by atoms with E-state index in [1.54, 1.807) is 0 Å². The van der Waals surface area contributed by atoms with Crippen LogP contribution in [0.15, 0.2) is 18.2 Å². The number of alkyl halides is 6. The zero-order valence-corrected chi connectivity index (χ0v) is 19.1. The molecule has 2 atom stereocenters. The maximum atomic E-state index is 13.1. The van der Waals surface area contributed by atoms with Gasteiger partial charge in [-0.3, -0.25) is 4.79 Å². The summed E-state index contributed by atoms with van der Waals surface area (Å²) in [5.41, 5.74) is -4.03. The Morgan fingerprint density at radius 2 is 1.66 bits per heavy atom. The van der Waals surface area contributed by atoms with Crippen LogP contribution in [0.2, 0.25) is 0 Å². The minimum Gasteiger partial charge on any atom is -0.481 e. The number of nitrogens with zero attached hydrogens (tertiary/aromatic N) is 1. The molecule has 12 heteroatoms. The van der Waals surface area contributed by atoms with Crippen LogP contribution in [0.4, 0.5) is 31.1 Å². The molecule has 0 radical (unpaired) electrons. The van der Waals surface area contributed by atoms with Crippen molar-refractivity contribution in [2.24, 2.45) is 5.41 Å². The second-order valence-electron chi connectivity index (χ2n) is 9.29. The quantitative estimate of drug-likeness (QED) is 0.477. The number of ether oxygens (including phenoxy) is 1. The topological polar surface area (TPSA) is 78.9 Å². The Kier molecular flexibility index (Phi) is 7.93. The molecule has 2 aliphatic rings. The summed E-state index contributed by atoms with van der Waals surface area (Å²) >= 11 is 0. The van der Waals surface area contributed by atoms with E-state index >= 15 is 0 Å². The number of benzene rings is 1. The Hall–Kier alpha value is -2.50. The minimum absolute atomic E-state index is 0.0815. The number of hydrogen-bond donors (Lipinski definition) is 2. The molecule has 3 rings (SSSR count). The molecule has 1 aliphatic heterocycles. The summed E-state index contributed by atoms with van der Waals surface area (Å²) in [5.74, 6) is -1.00. The van der Waals surface area contributed by atoms with Gasteiger partial charge in [0.1, 0.15) is 12.0 Å². The van der Waals surface area contributed by atoms with Gasteiger partial charge in [-0.1, -0.05) is 19.8 Å². The van der Waals surface area contributed by atoms with Crippen LogP contribution in [0.3, 0.4) is 0 Å². The molecular formula is C23H28F6N2O4. The number of halogens is 6.